The molecule has 50 valence electrons. The fourth-order valence-electron chi connectivity index (χ4n) is 0.387. The Labute approximate surface area is 51.0 Å². The zero-order chi connectivity index (χ0) is 6.41. The van der Waals surface area contributed by atoms with Crippen molar-refractivity contribution in [1.29, 1.82) is 0 Å². The second kappa shape index (κ2) is 5.06. The molecular weight excluding hydrogens is 102 g/mol. The minimum absolute atomic E-state index is 0.509. The Kier molecular flexibility index (Phi) is 5.01. The third-order valence-corrected chi connectivity index (χ3v) is 1.01. The maximum Gasteiger partial charge on any atom is 0.0503 e. The molecule has 8 heavy (non-hydrogen) atoms. The molecule has 0 heterocycles. The van der Waals surface area contributed by atoms with Crippen LogP contribution in [0, 0.1) is 5.92 Å². The van der Waals surface area contributed by atoms with E-state index in [0.717, 1.165) is 19.8 Å². The normalized spacial score (nSPS) is 13.9. The smallest absolute Gasteiger partial charge is 0.0503 e. The van der Waals surface area contributed by atoms with Gasteiger partial charge in [-0.1, -0.05) is 6.92 Å². The van der Waals surface area contributed by atoms with Crippen molar-refractivity contribution in [3.8, 4) is 0 Å². The summed E-state index contributed by atoms with van der Waals surface area (Å²) in [5.74, 6) is 0.509. The molecule has 0 aromatic carbocycles. The lowest BCUT2D eigenvalue weighted by molar-refractivity contribution is 0.118. The molecule has 2 heteroatoms. The highest BCUT2D eigenvalue weighted by Gasteiger charge is 1.95. The maximum absolute atomic E-state index is 5.33. The summed E-state index contributed by atoms with van der Waals surface area (Å²) in [6.07, 6.45) is 0. The summed E-state index contributed by atoms with van der Waals surface area (Å²) >= 11 is 0. The first-order valence-electron chi connectivity index (χ1n) is 3.09. The standard InChI is InChI=1S/C6H15NO/c1-3-8-5-6(2)4-7/h6H,3-5,7H2,1-2H3/t6-/m0/s1. The molecule has 0 bridgehead atoms. The van der Waals surface area contributed by atoms with E-state index in [2.05, 4.69) is 6.92 Å². The summed E-state index contributed by atoms with van der Waals surface area (Å²) in [5.41, 5.74) is 5.33. The highest BCUT2D eigenvalue weighted by molar-refractivity contribution is 4.48. The van der Waals surface area contributed by atoms with E-state index in [9.17, 15) is 0 Å². The Morgan fingerprint density at radius 1 is 1.62 bits per heavy atom. The van der Waals surface area contributed by atoms with Gasteiger partial charge in [0.05, 0.1) is 6.61 Å². The molecule has 0 aromatic rings. The largest absolute Gasteiger partial charge is 0.381 e. The molecule has 0 amide bonds. The molecule has 0 saturated carbocycles. The van der Waals surface area contributed by atoms with Crippen LogP contribution in [0.3, 0.4) is 0 Å². The number of rotatable bonds is 4. The lowest BCUT2D eigenvalue weighted by atomic mass is 10.2. The van der Waals surface area contributed by atoms with Gasteiger partial charge in [-0.3, -0.25) is 0 Å². The highest BCUT2D eigenvalue weighted by atomic mass is 16.5. The second-order valence-corrected chi connectivity index (χ2v) is 2.00. The van der Waals surface area contributed by atoms with Gasteiger partial charge in [-0.2, -0.15) is 0 Å². The summed E-state index contributed by atoms with van der Waals surface area (Å²) in [7, 11) is 0. The lowest BCUT2D eigenvalue weighted by Gasteiger charge is -2.05. The Bertz CT molecular complexity index is 47.8. The third-order valence-electron chi connectivity index (χ3n) is 1.01. The molecule has 0 saturated heterocycles. The van der Waals surface area contributed by atoms with Gasteiger partial charge in [0.1, 0.15) is 0 Å². The quantitative estimate of drug-likeness (QED) is 0.585. The molecule has 2 N–H and O–H groups in total. The number of hydrogen-bond acceptors (Lipinski definition) is 2. The van der Waals surface area contributed by atoms with Crippen molar-refractivity contribution in [3.63, 3.8) is 0 Å². The molecule has 2 nitrogen and oxygen atoms in total. The van der Waals surface area contributed by atoms with Crippen molar-refractivity contribution in [2.75, 3.05) is 19.8 Å². The van der Waals surface area contributed by atoms with Crippen LogP contribution in [-0.2, 0) is 4.74 Å². The van der Waals surface area contributed by atoms with Crippen LogP contribution in [0.4, 0.5) is 0 Å². The van der Waals surface area contributed by atoms with E-state index >= 15 is 0 Å². The first-order valence-corrected chi connectivity index (χ1v) is 3.09. The van der Waals surface area contributed by atoms with Gasteiger partial charge in [-0.15, -0.1) is 0 Å². The molecule has 0 rings (SSSR count). The maximum atomic E-state index is 5.33. The molecule has 0 aliphatic heterocycles. The fourth-order valence-corrected chi connectivity index (χ4v) is 0.387. The first-order chi connectivity index (χ1) is 3.81. The molecule has 0 fully saturated rings. The molecule has 0 spiro atoms. The fraction of sp³-hybridized carbons (Fsp3) is 1.00. The second-order valence-electron chi connectivity index (χ2n) is 2.00. The van der Waals surface area contributed by atoms with Crippen LogP contribution in [0.15, 0.2) is 0 Å². The molecular formula is C6H15NO. The van der Waals surface area contributed by atoms with E-state index in [1.165, 1.54) is 0 Å². The Hall–Kier alpha value is -0.0800. The average Bonchev–Trinajstić information content (AvgIpc) is 1.83. The molecule has 0 aromatic heterocycles. The highest BCUT2D eigenvalue weighted by Crippen LogP contribution is 1.90. The van der Waals surface area contributed by atoms with Crippen molar-refractivity contribution in [2.45, 2.75) is 13.8 Å². The van der Waals surface area contributed by atoms with Crippen LogP contribution < -0.4 is 5.73 Å². The van der Waals surface area contributed by atoms with Gasteiger partial charge in [-0.25, -0.2) is 0 Å². The number of ether oxygens (including phenoxy) is 1. The van der Waals surface area contributed by atoms with Crippen molar-refractivity contribution in [1.82, 2.24) is 0 Å². The Morgan fingerprint density at radius 3 is 2.62 bits per heavy atom. The van der Waals surface area contributed by atoms with Crippen LogP contribution in [0.5, 0.6) is 0 Å². The predicted molar refractivity (Wildman–Crippen MR) is 34.7 cm³/mol. The summed E-state index contributed by atoms with van der Waals surface area (Å²) in [5, 5.41) is 0. The minimum atomic E-state index is 0.509. The zero-order valence-corrected chi connectivity index (χ0v) is 5.68. The van der Waals surface area contributed by atoms with Gasteiger partial charge in [-0.05, 0) is 19.4 Å². The van der Waals surface area contributed by atoms with Crippen molar-refractivity contribution < 1.29 is 4.74 Å². The number of nitrogens with two attached hydrogens (primary N) is 1. The predicted octanol–water partition coefficient (Wildman–Crippen LogP) is 0.618. The van der Waals surface area contributed by atoms with Gasteiger partial charge in [0.2, 0.25) is 0 Å². The van der Waals surface area contributed by atoms with Crippen molar-refractivity contribution >= 4 is 0 Å². The van der Waals surface area contributed by atoms with Gasteiger partial charge in [0.15, 0.2) is 0 Å². The number of hydrogen-bond donors (Lipinski definition) is 1. The monoisotopic (exact) mass is 117 g/mol. The van der Waals surface area contributed by atoms with E-state index in [-0.39, 0.29) is 0 Å². The van der Waals surface area contributed by atoms with Crippen LogP contribution in [0.25, 0.3) is 0 Å². The molecule has 0 aliphatic rings. The third kappa shape index (κ3) is 4.09. The van der Waals surface area contributed by atoms with Gasteiger partial charge in [0.25, 0.3) is 0 Å². The van der Waals surface area contributed by atoms with Gasteiger partial charge < -0.3 is 10.5 Å². The molecule has 0 unspecified atom stereocenters. The lowest BCUT2D eigenvalue weighted by Crippen LogP contribution is -2.16. The van der Waals surface area contributed by atoms with E-state index in [4.69, 9.17) is 10.5 Å². The van der Waals surface area contributed by atoms with E-state index in [1.807, 2.05) is 6.92 Å². The minimum Gasteiger partial charge on any atom is -0.381 e. The summed E-state index contributed by atoms with van der Waals surface area (Å²) in [4.78, 5) is 0. The van der Waals surface area contributed by atoms with Crippen LogP contribution in [0.2, 0.25) is 0 Å². The van der Waals surface area contributed by atoms with Gasteiger partial charge in [0, 0.05) is 6.61 Å². The van der Waals surface area contributed by atoms with Crippen molar-refractivity contribution in [3.05, 3.63) is 0 Å². The topological polar surface area (TPSA) is 35.2 Å². The summed E-state index contributed by atoms with van der Waals surface area (Å²) in [6, 6.07) is 0. The van der Waals surface area contributed by atoms with Crippen LogP contribution in [-0.4, -0.2) is 19.8 Å². The molecule has 0 aliphatic carbocycles. The van der Waals surface area contributed by atoms with Crippen LogP contribution in [0.1, 0.15) is 13.8 Å². The summed E-state index contributed by atoms with van der Waals surface area (Å²) in [6.45, 7) is 6.39. The summed E-state index contributed by atoms with van der Waals surface area (Å²) < 4.78 is 5.11. The zero-order valence-electron chi connectivity index (χ0n) is 5.68. The van der Waals surface area contributed by atoms with Crippen LogP contribution >= 0.6 is 0 Å². The van der Waals surface area contributed by atoms with E-state index in [0.29, 0.717) is 5.92 Å². The average molecular weight is 117 g/mol. The van der Waals surface area contributed by atoms with Gasteiger partial charge >= 0.3 is 0 Å². The SMILES string of the molecule is CCOC[C@@H](C)CN. The Balaban J connectivity index is 2.86. The first kappa shape index (κ1) is 7.92. The van der Waals surface area contributed by atoms with Crippen molar-refractivity contribution in [2.24, 2.45) is 11.7 Å². The molecule has 1 atom stereocenters. The van der Waals surface area contributed by atoms with E-state index in [1.54, 1.807) is 0 Å². The molecule has 0 radical (unpaired) electrons. The van der Waals surface area contributed by atoms with E-state index < -0.39 is 0 Å². The Morgan fingerprint density at radius 2 is 2.25 bits per heavy atom.